The predicted octanol–water partition coefficient (Wildman–Crippen LogP) is 1.58. The molecular weight excluding hydrogens is 326 g/mol. The van der Waals surface area contributed by atoms with Crippen LogP contribution in [0.2, 0.25) is 0 Å². The van der Waals surface area contributed by atoms with Crippen molar-refractivity contribution < 1.29 is 13.2 Å². The van der Waals surface area contributed by atoms with Gasteiger partial charge in [-0.3, -0.25) is 9.88 Å². The highest BCUT2D eigenvalue weighted by Crippen LogP contribution is 2.24. The van der Waals surface area contributed by atoms with E-state index < -0.39 is 10.0 Å². The van der Waals surface area contributed by atoms with Crippen LogP contribution in [0.1, 0.15) is 6.92 Å². The maximum Gasteiger partial charge on any atom is 0.245 e. The number of sulfonamides is 1. The van der Waals surface area contributed by atoms with E-state index in [1.165, 1.54) is 4.31 Å². The molecule has 3 rings (SSSR count). The number of ether oxygens (including phenoxy) is 1. The van der Waals surface area contributed by atoms with Crippen molar-refractivity contribution in [3.8, 4) is 0 Å². The zero-order valence-corrected chi connectivity index (χ0v) is 14.9. The number of para-hydroxylation sites is 1. The summed E-state index contributed by atoms with van der Waals surface area (Å²) in [4.78, 5) is 6.77. The van der Waals surface area contributed by atoms with Crippen molar-refractivity contribution in [2.24, 2.45) is 0 Å². The van der Waals surface area contributed by atoms with E-state index in [0.717, 1.165) is 18.5 Å². The molecule has 24 heavy (non-hydrogen) atoms. The molecule has 130 valence electrons. The van der Waals surface area contributed by atoms with Crippen LogP contribution in [0.25, 0.3) is 10.9 Å². The molecule has 0 bridgehead atoms. The summed E-state index contributed by atoms with van der Waals surface area (Å²) < 4.78 is 32.9. The van der Waals surface area contributed by atoms with Crippen LogP contribution in [0.4, 0.5) is 0 Å². The quantitative estimate of drug-likeness (QED) is 0.820. The lowest BCUT2D eigenvalue weighted by Gasteiger charge is -2.32. The molecule has 0 unspecified atom stereocenters. The van der Waals surface area contributed by atoms with Gasteiger partial charge < -0.3 is 4.74 Å². The van der Waals surface area contributed by atoms with Crippen molar-refractivity contribution in [1.82, 2.24) is 14.2 Å². The fourth-order valence-electron chi connectivity index (χ4n) is 2.95. The van der Waals surface area contributed by atoms with Crippen LogP contribution in [0.15, 0.2) is 41.4 Å². The Morgan fingerprint density at radius 2 is 1.96 bits per heavy atom. The van der Waals surface area contributed by atoms with E-state index in [-0.39, 0.29) is 10.9 Å². The van der Waals surface area contributed by atoms with Gasteiger partial charge >= 0.3 is 0 Å². The first-order valence-electron chi connectivity index (χ1n) is 8.12. The van der Waals surface area contributed by atoms with Crippen LogP contribution in [0.3, 0.4) is 0 Å². The Balaban J connectivity index is 1.85. The van der Waals surface area contributed by atoms with E-state index in [1.807, 2.05) is 25.1 Å². The zero-order chi connectivity index (χ0) is 17.2. The van der Waals surface area contributed by atoms with Crippen molar-refractivity contribution in [3.05, 3.63) is 36.5 Å². The number of likely N-dealkylation sites (N-methyl/N-ethyl adjacent to an activating group) is 1. The molecule has 1 aliphatic heterocycles. The number of rotatable bonds is 5. The summed E-state index contributed by atoms with van der Waals surface area (Å²) in [6, 6.07) is 8.81. The maximum absolute atomic E-state index is 13.1. The molecule has 0 amide bonds. The van der Waals surface area contributed by atoms with Crippen LogP contribution < -0.4 is 0 Å². The van der Waals surface area contributed by atoms with Crippen LogP contribution in [-0.4, -0.2) is 68.5 Å². The average Bonchev–Trinajstić information content (AvgIpc) is 2.61. The standard InChI is InChI=1S/C17H23N3O3S/c1-14(13-20-9-11-23-12-10-20)19(2)24(21,22)16-7-3-5-15-6-4-8-18-17(15)16/h3-8,14H,9-13H2,1-2H3/t14-/m0/s1. The van der Waals surface area contributed by atoms with Gasteiger partial charge in [0.05, 0.1) is 18.7 Å². The second kappa shape index (κ2) is 7.14. The largest absolute Gasteiger partial charge is 0.379 e. The van der Waals surface area contributed by atoms with Gasteiger partial charge in [0.1, 0.15) is 4.90 Å². The van der Waals surface area contributed by atoms with E-state index in [0.29, 0.717) is 25.3 Å². The van der Waals surface area contributed by atoms with Crippen molar-refractivity contribution in [3.63, 3.8) is 0 Å². The smallest absolute Gasteiger partial charge is 0.245 e. The molecule has 7 heteroatoms. The summed E-state index contributed by atoms with van der Waals surface area (Å²) >= 11 is 0. The Morgan fingerprint density at radius 3 is 2.71 bits per heavy atom. The maximum atomic E-state index is 13.1. The van der Waals surface area contributed by atoms with Gasteiger partial charge in [0.25, 0.3) is 0 Å². The molecule has 0 N–H and O–H groups in total. The molecule has 1 aromatic heterocycles. The van der Waals surface area contributed by atoms with Gasteiger partial charge in [-0.15, -0.1) is 0 Å². The summed E-state index contributed by atoms with van der Waals surface area (Å²) in [5.74, 6) is 0. The Morgan fingerprint density at radius 1 is 1.25 bits per heavy atom. The second-order valence-electron chi connectivity index (χ2n) is 6.11. The number of fused-ring (bicyclic) bond motifs is 1. The summed E-state index contributed by atoms with van der Waals surface area (Å²) in [5.41, 5.74) is 0.519. The van der Waals surface area contributed by atoms with E-state index in [2.05, 4.69) is 9.88 Å². The van der Waals surface area contributed by atoms with E-state index in [4.69, 9.17) is 4.74 Å². The SMILES string of the molecule is C[C@@H](CN1CCOCC1)N(C)S(=O)(=O)c1cccc2cccnc12. The molecular formula is C17H23N3O3S. The summed E-state index contributed by atoms with van der Waals surface area (Å²) in [6.45, 7) is 5.72. The third-order valence-electron chi connectivity index (χ3n) is 4.50. The van der Waals surface area contributed by atoms with Gasteiger partial charge in [0.2, 0.25) is 10.0 Å². The number of benzene rings is 1. The molecule has 2 aromatic rings. The summed E-state index contributed by atoms with van der Waals surface area (Å²) in [6.07, 6.45) is 1.62. The summed E-state index contributed by atoms with van der Waals surface area (Å²) in [5, 5.41) is 0.827. The number of aromatic nitrogens is 1. The molecule has 1 fully saturated rings. The van der Waals surface area contributed by atoms with Crippen LogP contribution >= 0.6 is 0 Å². The minimum absolute atomic E-state index is 0.132. The van der Waals surface area contributed by atoms with Crippen LogP contribution in [0, 0.1) is 0 Å². The molecule has 6 nitrogen and oxygen atoms in total. The van der Waals surface area contributed by atoms with Crippen LogP contribution in [-0.2, 0) is 14.8 Å². The lowest BCUT2D eigenvalue weighted by Crippen LogP contribution is -2.46. The lowest BCUT2D eigenvalue weighted by molar-refractivity contribution is 0.0314. The highest BCUT2D eigenvalue weighted by atomic mass is 32.2. The first kappa shape index (κ1) is 17.3. The Kier molecular flexibility index (Phi) is 5.15. The molecule has 0 spiro atoms. The normalized spacial score (nSPS) is 18.1. The van der Waals surface area contributed by atoms with Gasteiger partial charge in [0.15, 0.2) is 0 Å². The van der Waals surface area contributed by atoms with Crippen LogP contribution in [0.5, 0.6) is 0 Å². The minimum atomic E-state index is -3.60. The predicted molar refractivity (Wildman–Crippen MR) is 93.4 cm³/mol. The Hall–Kier alpha value is -1.54. The average molecular weight is 349 g/mol. The topological polar surface area (TPSA) is 62.7 Å². The van der Waals surface area contributed by atoms with E-state index in [1.54, 1.807) is 25.4 Å². The summed E-state index contributed by atoms with van der Waals surface area (Å²) in [7, 11) is -1.96. The number of nitrogens with zero attached hydrogens (tertiary/aromatic N) is 3. The number of morpholine rings is 1. The molecule has 2 heterocycles. The molecule has 1 saturated heterocycles. The fraction of sp³-hybridized carbons (Fsp3) is 0.471. The van der Waals surface area contributed by atoms with Crippen molar-refractivity contribution in [2.45, 2.75) is 17.9 Å². The monoisotopic (exact) mass is 349 g/mol. The van der Waals surface area contributed by atoms with Gasteiger partial charge in [-0.25, -0.2) is 8.42 Å². The van der Waals surface area contributed by atoms with Crippen molar-refractivity contribution in [1.29, 1.82) is 0 Å². The van der Waals surface area contributed by atoms with E-state index >= 15 is 0 Å². The first-order valence-corrected chi connectivity index (χ1v) is 9.56. The molecule has 1 aliphatic rings. The van der Waals surface area contributed by atoms with Gasteiger partial charge in [-0.1, -0.05) is 18.2 Å². The van der Waals surface area contributed by atoms with Gasteiger partial charge in [-0.05, 0) is 19.1 Å². The molecule has 0 aliphatic carbocycles. The number of pyridine rings is 1. The molecule has 0 radical (unpaired) electrons. The Bertz CT molecular complexity index is 798. The molecule has 0 saturated carbocycles. The highest BCUT2D eigenvalue weighted by molar-refractivity contribution is 7.89. The Labute approximate surface area is 143 Å². The van der Waals surface area contributed by atoms with Gasteiger partial charge in [0, 0.05) is 44.3 Å². The first-order chi connectivity index (χ1) is 11.5. The second-order valence-corrected chi connectivity index (χ2v) is 8.08. The minimum Gasteiger partial charge on any atom is -0.379 e. The van der Waals surface area contributed by atoms with Crippen molar-refractivity contribution >= 4 is 20.9 Å². The molecule has 1 aromatic carbocycles. The fourth-order valence-corrected chi connectivity index (χ4v) is 4.46. The highest BCUT2D eigenvalue weighted by Gasteiger charge is 2.28. The van der Waals surface area contributed by atoms with E-state index in [9.17, 15) is 8.42 Å². The lowest BCUT2D eigenvalue weighted by atomic mass is 10.2. The molecule has 1 atom stereocenters. The zero-order valence-electron chi connectivity index (χ0n) is 14.1. The third-order valence-corrected chi connectivity index (χ3v) is 6.50. The third kappa shape index (κ3) is 3.44. The number of hydrogen-bond donors (Lipinski definition) is 0. The van der Waals surface area contributed by atoms with Gasteiger partial charge in [-0.2, -0.15) is 4.31 Å². The number of hydrogen-bond acceptors (Lipinski definition) is 5. The van der Waals surface area contributed by atoms with Crippen molar-refractivity contribution in [2.75, 3.05) is 39.9 Å².